The molecule has 0 aromatic carbocycles. The lowest BCUT2D eigenvalue weighted by molar-refractivity contribution is -0.131. The summed E-state index contributed by atoms with van der Waals surface area (Å²) in [6.45, 7) is 6.19. The average molecular weight is 295 g/mol. The molecule has 0 radical (unpaired) electrons. The van der Waals surface area contributed by atoms with E-state index in [4.69, 9.17) is 0 Å². The molecule has 2 aliphatic heterocycles. The fraction of sp³-hybridized carbons (Fsp3) is 0.941. The summed E-state index contributed by atoms with van der Waals surface area (Å²) in [6, 6.07) is 1.16. The third-order valence-electron chi connectivity index (χ3n) is 4.84. The number of carbonyl (C=O) groups excluding carboxylic acids is 1. The van der Waals surface area contributed by atoms with Crippen molar-refractivity contribution in [1.29, 1.82) is 0 Å². The summed E-state index contributed by atoms with van der Waals surface area (Å²) in [7, 11) is 0. The Balaban J connectivity index is 1.57. The molecule has 0 aliphatic carbocycles. The lowest BCUT2D eigenvalue weighted by Crippen LogP contribution is -2.40. The zero-order valence-corrected chi connectivity index (χ0v) is 13.7. The van der Waals surface area contributed by atoms with Crippen LogP contribution >= 0.6 is 0 Å². The number of nitrogens with one attached hydrogen (secondary N) is 2. The van der Waals surface area contributed by atoms with Gasteiger partial charge in [-0.05, 0) is 52.0 Å². The minimum Gasteiger partial charge on any atom is -0.343 e. The van der Waals surface area contributed by atoms with Gasteiger partial charge in [-0.3, -0.25) is 4.79 Å². The zero-order valence-electron chi connectivity index (χ0n) is 13.7. The summed E-state index contributed by atoms with van der Waals surface area (Å²) in [5.74, 6) is 0.335. The van der Waals surface area contributed by atoms with Gasteiger partial charge in [0.05, 0.1) is 0 Å². The molecule has 4 nitrogen and oxygen atoms in total. The van der Waals surface area contributed by atoms with Gasteiger partial charge in [-0.15, -0.1) is 0 Å². The van der Waals surface area contributed by atoms with Crippen molar-refractivity contribution in [2.24, 2.45) is 0 Å². The molecular weight excluding hydrogens is 262 g/mol. The molecule has 1 amide bonds. The maximum atomic E-state index is 12.1. The van der Waals surface area contributed by atoms with E-state index in [1.807, 2.05) is 4.90 Å². The van der Waals surface area contributed by atoms with Crippen LogP contribution in [-0.4, -0.2) is 49.1 Å². The van der Waals surface area contributed by atoms with Crippen LogP contribution in [0.4, 0.5) is 0 Å². The molecule has 2 atom stereocenters. The predicted molar refractivity (Wildman–Crippen MR) is 87.4 cm³/mol. The van der Waals surface area contributed by atoms with E-state index >= 15 is 0 Å². The van der Waals surface area contributed by atoms with E-state index < -0.39 is 0 Å². The fourth-order valence-corrected chi connectivity index (χ4v) is 3.54. The van der Waals surface area contributed by atoms with Crippen LogP contribution in [0.2, 0.25) is 0 Å². The normalized spacial score (nSPS) is 25.4. The highest BCUT2D eigenvalue weighted by Gasteiger charge is 2.17. The summed E-state index contributed by atoms with van der Waals surface area (Å²) >= 11 is 0. The van der Waals surface area contributed by atoms with Crippen LogP contribution < -0.4 is 10.6 Å². The van der Waals surface area contributed by atoms with Gasteiger partial charge in [-0.25, -0.2) is 0 Å². The van der Waals surface area contributed by atoms with E-state index in [9.17, 15) is 4.79 Å². The number of hydrogen-bond acceptors (Lipinski definition) is 3. The standard InChI is InChI=1S/C17H33N3O/c1-15(14-16-8-4-2-5-10-19-16)18-11-9-17(21)20-12-6-3-7-13-20/h15-16,18-19H,2-14H2,1H3. The fourth-order valence-electron chi connectivity index (χ4n) is 3.54. The molecule has 2 saturated heterocycles. The largest absolute Gasteiger partial charge is 0.343 e. The first-order valence-corrected chi connectivity index (χ1v) is 9.00. The smallest absolute Gasteiger partial charge is 0.223 e. The van der Waals surface area contributed by atoms with Crippen molar-refractivity contribution < 1.29 is 4.79 Å². The maximum Gasteiger partial charge on any atom is 0.223 e. The molecule has 4 heteroatoms. The molecule has 0 aromatic rings. The first-order valence-electron chi connectivity index (χ1n) is 9.00. The maximum absolute atomic E-state index is 12.1. The summed E-state index contributed by atoms with van der Waals surface area (Å²) in [5, 5.41) is 7.18. The highest BCUT2D eigenvalue weighted by atomic mass is 16.2. The van der Waals surface area contributed by atoms with E-state index in [1.54, 1.807) is 0 Å². The summed E-state index contributed by atoms with van der Waals surface area (Å²) in [6.07, 6.45) is 10.8. The van der Waals surface area contributed by atoms with E-state index in [0.29, 0.717) is 24.4 Å². The monoisotopic (exact) mass is 295 g/mol. The van der Waals surface area contributed by atoms with Crippen LogP contribution in [0.1, 0.15) is 64.7 Å². The Labute approximate surface area is 130 Å². The van der Waals surface area contributed by atoms with Gasteiger partial charge in [0, 0.05) is 38.1 Å². The molecule has 2 heterocycles. The SMILES string of the molecule is CC(CC1CCCCCN1)NCCC(=O)N1CCCCC1. The van der Waals surface area contributed by atoms with Crippen molar-refractivity contribution >= 4 is 5.91 Å². The molecule has 2 fully saturated rings. The Morgan fingerprint density at radius 3 is 2.76 bits per heavy atom. The predicted octanol–water partition coefficient (Wildman–Crippen LogP) is 2.29. The van der Waals surface area contributed by atoms with Gasteiger partial charge in [0.15, 0.2) is 0 Å². The summed E-state index contributed by atoms with van der Waals surface area (Å²) in [5.41, 5.74) is 0. The Kier molecular flexibility index (Phi) is 7.51. The van der Waals surface area contributed by atoms with Crippen LogP contribution in [0.3, 0.4) is 0 Å². The number of nitrogens with zero attached hydrogens (tertiary/aromatic N) is 1. The van der Waals surface area contributed by atoms with Crippen molar-refractivity contribution in [2.75, 3.05) is 26.2 Å². The minimum absolute atomic E-state index is 0.335. The first kappa shape index (κ1) is 16.8. The average Bonchev–Trinajstić information content (AvgIpc) is 2.76. The molecule has 122 valence electrons. The number of rotatable bonds is 6. The van der Waals surface area contributed by atoms with E-state index in [-0.39, 0.29) is 0 Å². The Morgan fingerprint density at radius 1 is 1.19 bits per heavy atom. The van der Waals surface area contributed by atoms with Crippen molar-refractivity contribution in [3.63, 3.8) is 0 Å². The van der Waals surface area contributed by atoms with Crippen LogP contribution in [-0.2, 0) is 4.79 Å². The lowest BCUT2D eigenvalue weighted by Gasteiger charge is -2.27. The number of likely N-dealkylation sites (tertiary alicyclic amines) is 1. The van der Waals surface area contributed by atoms with Gasteiger partial charge in [-0.1, -0.05) is 12.8 Å². The highest BCUT2D eigenvalue weighted by Crippen LogP contribution is 2.13. The molecule has 0 saturated carbocycles. The highest BCUT2D eigenvalue weighted by molar-refractivity contribution is 5.76. The summed E-state index contributed by atoms with van der Waals surface area (Å²) < 4.78 is 0. The molecule has 2 N–H and O–H groups in total. The molecule has 2 aliphatic rings. The first-order chi connectivity index (χ1) is 10.3. The number of piperidine rings is 1. The van der Waals surface area contributed by atoms with Crippen LogP contribution in [0.15, 0.2) is 0 Å². The van der Waals surface area contributed by atoms with Gasteiger partial charge in [0.25, 0.3) is 0 Å². The number of hydrogen-bond donors (Lipinski definition) is 2. The number of carbonyl (C=O) groups is 1. The second-order valence-corrected chi connectivity index (χ2v) is 6.78. The topological polar surface area (TPSA) is 44.4 Å². The molecule has 0 bridgehead atoms. The van der Waals surface area contributed by atoms with E-state index in [1.165, 1.54) is 57.9 Å². The van der Waals surface area contributed by atoms with E-state index in [2.05, 4.69) is 17.6 Å². The molecule has 0 aromatic heterocycles. The van der Waals surface area contributed by atoms with Gasteiger partial charge in [0.1, 0.15) is 0 Å². The van der Waals surface area contributed by atoms with Gasteiger partial charge >= 0.3 is 0 Å². The Morgan fingerprint density at radius 2 is 1.95 bits per heavy atom. The summed E-state index contributed by atoms with van der Waals surface area (Å²) in [4.78, 5) is 14.1. The van der Waals surface area contributed by atoms with Crippen LogP contribution in [0.25, 0.3) is 0 Å². The quantitative estimate of drug-likeness (QED) is 0.790. The van der Waals surface area contributed by atoms with Gasteiger partial charge < -0.3 is 15.5 Å². The molecule has 0 spiro atoms. The Bertz CT molecular complexity index is 294. The van der Waals surface area contributed by atoms with Crippen molar-refractivity contribution in [3.8, 4) is 0 Å². The van der Waals surface area contributed by atoms with E-state index in [0.717, 1.165) is 19.6 Å². The van der Waals surface area contributed by atoms with Crippen molar-refractivity contribution in [2.45, 2.75) is 76.8 Å². The Hall–Kier alpha value is -0.610. The lowest BCUT2D eigenvalue weighted by atomic mass is 10.0. The molecular formula is C17H33N3O. The third-order valence-corrected chi connectivity index (χ3v) is 4.84. The third kappa shape index (κ3) is 6.35. The second-order valence-electron chi connectivity index (χ2n) is 6.78. The minimum atomic E-state index is 0.335. The van der Waals surface area contributed by atoms with Crippen molar-refractivity contribution in [3.05, 3.63) is 0 Å². The van der Waals surface area contributed by atoms with Crippen LogP contribution in [0, 0.1) is 0 Å². The molecule has 2 unspecified atom stereocenters. The molecule has 2 rings (SSSR count). The van der Waals surface area contributed by atoms with Gasteiger partial charge in [-0.2, -0.15) is 0 Å². The van der Waals surface area contributed by atoms with Crippen molar-refractivity contribution in [1.82, 2.24) is 15.5 Å². The zero-order chi connectivity index (χ0) is 14.9. The molecule has 21 heavy (non-hydrogen) atoms. The second kappa shape index (κ2) is 9.42. The number of amides is 1. The van der Waals surface area contributed by atoms with Gasteiger partial charge in [0.2, 0.25) is 5.91 Å². The van der Waals surface area contributed by atoms with Crippen LogP contribution in [0.5, 0.6) is 0 Å².